The zero-order valence-corrected chi connectivity index (χ0v) is 16.4. The fourth-order valence-corrected chi connectivity index (χ4v) is 3.48. The monoisotopic (exact) mass is 408 g/mol. The second-order valence-corrected chi connectivity index (χ2v) is 7.51. The molecule has 0 atom stereocenters. The molecule has 3 rings (SSSR count). The molecule has 0 spiro atoms. The van der Waals surface area contributed by atoms with Gasteiger partial charge in [-0.15, -0.1) is 11.3 Å². The summed E-state index contributed by atoms with van der Waals surface area (Å²) < 4.78 is 40.1. The highest BCUT2D eigenvalue weighted by Crippen LogP contribution is 2.30. The van der Waals surface area contributed by atoms with E-state index in [1.165, 1.54) is 23.0 Å². The molecule has 2 aromatic heterocycles. The minimum atomic E-state index is -4.44. The van der Waals surface area contributed by atoms with E-state index in [4.69, 9.17) is 0 Å². The Morgan fingerprint density at radius 3 is 2.71 bits per heavy atom. The highest BCUT2D eigenvalue weighted by molar-refractivity contribution is 7.09. The van der Waals surface area contributed by atoms with E-state index in [2.05, 4.69) is 15.4 Å². The molecule has 148 valence electrons. The lowest BCUT2D eigenvalue weighted by Gasteiger charge is -2.10. The van der Waals surface area contributed by atoms with Crippen molar-refractivity contribution in [1.29, 1.82) is 0 Å². The average molecular weight is 408 g/mol. The number of amides is 1. The van der Waals surface area contributed by atoms with Crippen molar-refractivity contribution in [2.75, 3.05) is 0 Å². The maximum absolute atomic E-state index is 12.9. The molecule has 0 aliphatic heterocycles. The number of nitrogens with one attached hydrogen (secondary N) is 1. The number of aromatic nitrogens is 3. The Morgan fingerprint density at radius 2 is 2.07 bits per heavy atom. The van der Waals surface area contributed by atoms with Crippen molar-refractivity contribution in [3.63, 3.8) is 0 Å². The Balaban J connectivity index is 1.76. The van der Waals surface area contributed by atoms with Crippen LogP contribution >= 0.6 is 11.3 Å². The van der Waals surface area contributed by atoms with Gasteiger partial charge in [-0.3, -0.25) is 4.79 Å². The Kier molecular flexibility index (Phi) is 5.55. The largest absolute Gasteiger partial charge is 0.416 e. The van der Waals surface area contributed by atoms with Gasteiger partial charge in [-0.05, 0) is 25.1 Å². The van der Waals surface area contributed by atoms with Crippen molar-refractivity contribution < 1.29 is 18.0 Å². The van der Waals surface area contributed by atoms with Gasteiger partial charge < -0.3 is 5.32 Å². The molecule has 3 aromatic rings. The van der Waals surface area contributed by atoms with Gasteiger partial charge in [0.25, 0.3) is 5.91 Å². The van der Waals surface area contributed by atoms with Crippen LogP contribution in [0.1, 0.15) is 52.1 Å². The van der Waals surface area contributed by atoms with Gasteiger partial charge in [0.15, 0.2) is 0 Å². The Hall–Kier alpha value is -2.68. The normalized spacial score (nSPS) is 11.8. The maximum Gasteiger partial charge on any atom is 0.416 e. The molecule has 0 fully saturated rings. The molecule has 1 amide bonds. The van der Waals surface area contributed by atoms with Crippen LogP contribution < -0.4 is 5.32 Å². The lowest BCUT2D eigenvalue weighted by Crippen LogP contribution is -2.23. The first-order chi connectivity index (χ1) is 13.2. The van der Waals surface area contributed by atoms with Crippen LogP contribution in [0.5, 0.6) is 0 Å². The molecule has 0 aliphatic rings. The number of hydrogen-bond acceptors (Lipinski definition) is 4. The summed E-state index contributed by atoms with van der Waals surface area (Å²) in [5.74, 6) is -0.0304. The first kappa shape index (κ1) is 20.1. The van der Waals surface area contributed by atoms with Gasteiger partial charge in [0.05, 0.1) is 46.0 Å². The average Bonchev–Trinajstić information content (AvgIpc) is 3.26. The van der Waals surface area contributed by atoms with Crippen molar-refractivity contribution in [2.45, 2.75) is 39.4 Å². The molecule has 0 radical (unpaired) electrons. The summed E-state index contributed by atoms with van der Waals surface area (Å²) in [6.07, 6.45) is -3.09. The van der Waals surface area contributed by atoms with Crippen molar-refractivity contribution in [2.24, 2.45) is 0 Å². The van der Waals surface area contributed by atoms with Crippen LogP contribution in [0, 0.1) is 6.92 Å². The third-order valence-electron chi connectivity index (χ3n) is 4.17. The number of benzene rings is 1. The van der Waals surface area contributed by atoms with Crippen molar-refractivity contribution >= 4 is 17.2 Å². The van der Waals surface area contributed by atoms with Crippen LogP contribution in [0.25, 0.3) is 5.69 Å². The zero-order valence-electron chi connectivity index (χ0n) is 15.5. The molecule has 1 N–H and O–H groups in total. The number of carbonyl (C=O) groups is 1. The Morgan fingerprint density at radius 1 is 1.32 bits per heavy atom. The van der Waals surface area contributed by atoms with Gasteiger partial charge in [0.1, 0.15) is 0 Å². The first-order valence-electron chi connectivity index (χ1n) is 8.61. The number of halogens is 3. The van der Waals surface area contributed by atoms with Crippen LogP contribution in [-0.4, -0.2) is 20.7 Å². The molecule has 0 saturated carbocycles. The van der Waals surface area contributed by atoms with E-state index in [-0.39, 0.29) is 18.1 Å². The first-order valence-corrected chi connectivity index (χ1v) is 9.49. The van der Waals surface area contributed by atoms with Gasteiger partial charge in [-0.1, -0.05) is 19.9 Å². The standard InChI is InChI=1S/C19H19F3N4OS/c1-11(2)18-25-14(10-28-18)8-23-17(27)16-9-24-26(12(16)3)15-6-4-5-13(7-15)19(20,21)22/h4-7,9-11H,8H2,1-3H3,(H,23,27). The molecule has 9 heteroatoms. The van der Waals surface area contributed by atoms with E-state index in [9.17, 15) is 18.0 Å². The summed E-state index contributed by atoms with van der Waals surface area (Å²) >= 11 is 1.54. The fraction of sp³-hybridized carbons (Fsp3) is 0.316. The lowest BCUT2D eigenvalue weighted by molar-refractivity contribution is -0.137. The second-order valence-electron chi connectivity index (χ2n) is 6.62. The summed E-state index contributed by atoms with van der Waals surface area (Å²) in [6, 6.07) is 4.83. The van der Waals surface area contributed by atoms with Crippen LogP contribution in [0.15, 0.2) is 35.8 Å². The van der Waals surface area contributed by atoms with Crippen molar-refractivity contribution in [1.82, 2.24) is 20.1 Å². The van der Waals surface area contributed by atoms with E-state index in [0.717, 1.165) is 22.8 Å². The minimum Gasteiger partial charge on any atom is -0.346 e. The van der Waals surface area contributed by atoms with Gasteiger partial charge in [0.2, 0.25) is 0 Å². The van der Waals surface area contributed by atoms with E-state index in [1.807, 2.05) is 19.2 Å². The van der Waals surface area contributed by atoms with Gasteiger partial charge in [-0.25, -0.2) is 9.67 Å². The molecule has 28 heavy (non-hydrogen) atoms. The molecule has 5 nitrogen and oxygen atoms in total. The number of rotatable bonds is 5. The number of hydrogen-bond donors (Lipinski definition) is 1. The van der Waals surface area contributed by atoms with E-state index < -0.39 is 11.7 Å². The molecular weight excluding hydrogens is 389 g/mol. The molecule has 0 bridgehead atoms. The molecule has 0 aliphatic carbocycles. The maximum atomic E-state index is 12.9. The highest BCUT2D eigenvalue weighted by Gasteiger charge is 2.30. The molecule has 0 unspecified atom stereocenters. The predicted octanol–water partition coefficient (Wildman–Crippen LogP) is 4.71. The van der Waals surface area contributed by atoms with Crippen LogP contribution in [-0.2, 0) is 12.7 Å². The SMILES string of the molecule is Cc1c(C(=O)NCc2csc(C(C)C)n2)cnn1-c1cccc(C(F)(F)F)c1. The minimum absolute atomic E-state index is 0.243. The van der Waals surface area contributed by atoms with Gasteiger partial charge >= 0.3 is 6.18 Å². The van der Waals surface area contributed by atoms with Crippen LogP contribution in [0.2, 0.25) is 0 Å². The highest BCUT2D eigenvalue weighted by atomic mass is 32.1. The number of thiazole rings is 1. The van der Waals surface area contributed by atoms with E-state index in [0.29, 0.717) is 17.2 Å². The number of carbonyl (C=O) groups excluding carboxylic acids is 1. The summed E-state index contributed by atoms with van der Waals surface area (Å²) in [5, 5.41) is 9.76. The summed E-state index contributed by atoms with van der Waals surface area (Å²) in [6.45, 7) is 6.01. The number of nitrogens with zero attached hydrogens (tertiary/aromatic N) is 3. The lowest BCUT2D eigenvalue weighted by atomic mass is 10.2. The second kappa shape index (κ2) is 7.75. The smallest absolute Gasteiger partial charge is 0.346 e. The predicted molar refractivity (Wildman–Crippen MR) is 101 cm³/mol. The van der Waals surface area contributed by atoms with Crippen molar-refractivity contribution in [3.8, 4) is 5.69 Å². The Labute approximate surface area is 164 Å². The van der Waals surface area contributed by atoms with Gasteiger partial charge in [0, 0.05) is 11.3 Å². The summed E-state index contributed by atoms with van der Waals surface area (Å²) in [5.41, 5.74) is 1.00. The Bertz CT molecular complexity index is 991. The third kappa shape index (κ3) is 4.24. The molecule has 1 aromatic carbocycles. The van der Waals surface area contributed by atoms with Gasteiger partial charge in [-0.2, -0.15) is 18.3 Å². The fourth-order valence-electron chi connectivity index (χ4n) is 2.64. The van der Waals surface area contributed by atoms with Crippen LogP contribution in [0.4, 0.5) is 13.2 Å². The summed E-state index contributed by atoms with van der Waals surface area (Å²) in [4.78, 5) is 16.9. The number of alkyl halides is 3. The van der Waals surface area contributed by atoms with Crippen LogP contribution in [0.3, 0.4) is 0 Å². The zero-order chi connectivity index (χ0) is 20.5. The molecule has 2 heterocycles. The van der Waals surface area contributed by atoms with Crippen molar-refractivity contribution in [3.05, 3.63) is 63.4 Å². The topological polar surface area (TPSA) is 59.8 Å². The van der Waals surface area contributed by atoms with E-state index in [1.54, 1.807) is 18.3 Å². The third-order valence-corrected chi connectivity index (χ3v) is 5.36. The quantitative estimate of drug-likeness (QED) is 0.665. The molecular formula is C19H19F3N4OS. The summed E-state index contributed by atoms with van der Waals surface area (Å²) in [7, 11) is 0. The van der Waals surface area contributed by atoms with E-state index >= 15 is 0 Å². The molecule has 0 saturated heterocycles.